The fourth-order valence-electron chi connectivity index (χ4n) is 1.45. The van der Waals surface area contributed by atoms with Gasteiger partial charge in [0.15, 0.2) is 6.04 Å². The van der Waals surface area contributed by atoms with E-state index in [0.717, 1.165) is 5.69 Å². The topological polar surface area (TPSA) is 103 Å². The molecular formula is C12H17N3O4. The maximum Gasteiger partial charge on any atom is 0.328 e. The van der Waals surface area contributed by atoms with Gasteiger partial charge >= 0.3 is 12.0 Å². The fraction of sp³-hybridized carbons (Fsp3) is 0.417. The minimum Gasteiger partial charge on any atom is -0.480 e. The monoisotopic (exact) mass is 267 g/mol. The molecule has 0 fully saturated rings. The first-order valence-corrected chi connectivity index (χ1v) is 5.72. The van der Waals surface area contributed by atoms with E-state index in [9.17, 15) is 9.59 Å². The van der Waals surface area contributed by atoms with Gasteiger partial charge in [-0.25, -0.2) is 9.59 Å². The highest BCUT2D eigenvalue weighted by Gasteiger charge is 2.20. The first kappa shape index (κ1) is 14.9. The van der Waals surface area contributed by atoms with Crippen LogP contribution >= 0.6 is 0 Å². The molecule has 3 N–H and O–H groups in total. The van der Waals surface area contributed by atoms with Crippen molar-refractivity contribution in [2.75, 3.05) is 13.7 Å². The summed E-state index contributed by atoms with van der Waals surface area (Å²) in [6, 6.07) is 3.56. The predicted molar refractivity (Wildman–Crippen MR) is 67.5 cm³/mol. The Labute approximate surface area is 110 Å². The van der Waals surface area contributed by atoms with Crippen molar-refractivity contribution < 1.29 is 19.8 Å². The Balaban J connectivity index is 2.60. The highest BCUT2D eigenvalue weighted by atomic mass is 16.4. The SMILES string of the molecule is Cc1cccc(CN(C)C(=O)NC(CO)C(=O)O)n1. The Kier molecular flexibility index (Phi) is 5.25. The molecule has 7 heteroatoms. The van der Waals surface area contributed by atoms with Crippen LogP contribution in [0.4, 0.5) is 4.79 Å². The number of pyridine rings is 1. The van der Waals surface area contributed by atoms with Crippen LogP contribution in [0.3, 0.4) is 0 Å². The lowest BCUT2D eigenvalue weighted by Crippen LogP contribution is -2.48. The number of urea groups is 1. The van der Waals surface area contributed by atoms with Crippen LogP contribution in [0.1, 0.15) is 11.4 Å². The van der Waals surface area contributed by atoms with E-state index in [0.29, 0.717) is 5.69 Å². The summed E-state index contributed by atoms with van der Waals surface area (Å²) < 4.78 is 0. The van der Waals surface area contributed by atoms with Crippen LogP contribution in [0.25, 0.3) is 0 Å². The third kappa shape index (κ3) is 4.55. The highest BCUT2D eigenvalue weighted by Crippen LogP contribution is 2.02. The van der Waals surface area contributed by atoms with Crippen molar-refractivity contribution >= 4 is 12.0 Å². The molecule has 19 heavy (non-hydrogen) atoms. The van der Waals surface area contributed by atoms with Crippen molar-refractivity contribution in [3.8, 4) is 0 Å². The zero-order chi connectivity index (χ0) is 14.4. The Morgan fingerprint density at radius 3 is 2.68 bits per heavy atom. The summed E-state index contributed by atoms with van der Waals surface area (Å²) in [6.45, 7) is 1.44. The molecule has 104 valence electrons. The molecule has 1 atom stereocenters. The molecule has 0 aliphatic heterocycles. The average Bonchev–Trinajstić information content (AvgIpc) is 2.35. The van der Waals surface area contributed by atoms with Crippen molar-refractivity contribution in [3.05, 3.63) is 29.6 Å². The number of aliphatic carboxylic acids is 1. The number of aryl methyl sites for hydroxylation is 1. The fourth-order valence-corrected chi connectivity index (χ4v) is 1.45. The van der Waals surface area contributed by atoms with Gasteiger partial charge in [0.25, 0.3) is 0 Å². The molecule has 1 heterocycles. The Bertz CT molecular complexity index is 464. The first-order valence-electron chi connectivity index (χ1n) is 5.72. The molecule has 0 bridgehead atoms. The summed E-state index contributed by atoms with van der Waals surface area (Å²) in [6.07, 6.45) is 0. The Hall–Kier alpha value is -2.15. The number of amides is 2. The van der Waals surface area contributed by atoms with Gasteiger partial charge in [0.1, 0.15) is 0 Å². The molecule has 2 amide bonds. The largest absolute Gasteiger partial charge is 0.480 e. The lowest BCUT2D eigenvalue weighted by atomic mass is 10.3. The van der Waals surface area contributed by atoms with Crippen LogP contribution in [0.15, 0.2) is 18.2 Å². The van der Waals surface area contributed by atoms with Gasteiger partial charge < -0.3 is 20.4 Å². The number of aliphatic hydroxyl groups excluding tert-OH is 1. The summed E-state index contributed by atoms with van der Waals surface area (Å²) in [4.78, 5) is 27.9. The number of carbonyl (C=O) groups is 2. The van der Waals surface area contributed by atoms with Crippen LogP contribution in [-0.4, -0.2) is 51.8 Å². The Morgan fingerprint density at radius 1 is 1.47 bits per heavy atom. The molecular weight excluding hydrogens is 250 g/mol. The van der Waals surface area contributed by atoms with E-state index in [4.69, 9.17) is 10.2 Å². The van der Waals surface area contributed by atoms with E-state index in [-0.39, 0.29) is 6.54 Å². The number of hydrogen-bond donors (Lipinski definition) is 3. The number of carbonyl (C=O) groups excluding carboxylic acids is 1. The summed E-state index contributed by atoms with van der Waals surface area (Å²) in [5.41, 5.74) is 1.54. The number of hydrogen-bond acceptors (Lipinski definition) is 4. The van der Waals surface area contributed by atoms with Crippen molar-refractivity contribution in [3.63, 3.8) is 0 Å². The van der Waals surface area contributed by atoms with E-state index in [2.05, 4.69) is 10.3 Å². The molecule has 0 saturated heterocycles. The van der Waals surface area contributed by atoms with Gasteiger partial charge in [-0.1, -0.05) is 6.07 Å². The summed E-state index contributed by atoms with van der Waals surface area (Å²) in [5, 5.41) is 19.8. The van der Waals surface area contributed by atoms with Crippen molar-refractivity contribution in [2.45, 2.75) is 19.5 Å². The van der Waals surface area contributed by atoms with Gasteiger partial charge in [0, 0.05) is 12.7 Å². The zero-order valence-corrected chi connectivity index (χ0v) is 10.8. The van der Waals surface area contributed by atoms with Gasteiger partial charge in [-0.05, 0) is 19.1 Å². The number of nitrogens with one attached hydrogen (secondary N) is 1. The molecule has 0 spiro atoms. The summed E-state index contributed by atoms with van der Waals surface area (Å²) in [7, 11) is 1.52. The molecule has 1 unspecified atom stereocenters. The molecule has 0 radical (unpaired) electrons. The van der Waals surface area contributed by atoms with Crippen molar-refractivity contribution in [1.29, 1.82) is 0 Å². The third-order valence-corrected chi connectivity index (χ3v) is 2.47. The van der Waals surface area contributed by atoms with Crippen LogP contribution in [0.5, 0.6) is 0 Å². The van der Waals surface area contributed by atoms with E-state index >= 15 is 0 Å². The second-order valence-corrected chi connectivity index (χ2v) is 4.15. The molecule has 1 rings (SSSR count). The number of nitrogens with zero attached hydrogens (tertiary/aromatic N) is 2. The van der Waals surface area contributed by atoms with Gasteiger partial charge in [-0.15, -0.1) is 0 Å². The molecule has 0 aromatic carbocycles. The maximum absolute atomic E-state index is 11.7. The normalized spacial score (nSPS) is 11.7. The van der Waals surface area contributed by atoms with Crippen LogP contribution in [-0.2, 0) is 11.3 Å². The minimum absolute atomic E-state index is 0.255. The number of carboxylic acid groups (broad SMARTS) is 1. The number of aromatic nitrogens is 1. The summed E-state index contributed by atoms with van der Waals surface area (Å²) in [5.74, 6) is -1.28. The van der Waals surface area contributed by atoms with E-state index in [1.807, 2.05) is 19.1 Å². The lowest BCUT2D eigenvalue weighted by Gasteiger charge is -2.20. The van der Waals surface area contributed by atoms with E-state index in [1.165, 1.54) is 11.9 Å². The number of aliphatic hydroxyl groups is 1. The van der Waals surface area contributed by atoms with Gasteiger partial charge in [0.2, 0.25) is 0 Å². The smallest absolute Gasteiger partial charge is 0.328 e. The second-order valence-electron chi connectivity index (χ2n) is 4.15. The molecule has 1 aromatic heterocycles. The van der Waals surface area contributed by atoms with Gasteiger partial charge in [0.05, 0.1) is 18.8 Å². The van der Waals surface area contributed by atoms with Crippen LogP contribution < -0.4 is 5.32 Å². The Morgan fingerprint density at radius 2 is 2.16 bits per heavy atom. The highest BCUT2D eigenvalue weighted by molar-refractivity contribution is 5.82. The van der Waals surface area contributed by atoms with Crippen molar-refractivity contribution in [1.82, 2.24) is 15.2 Å². The minimum atomic E-state index is -1.31. The standard InChI is InChI=1S/C12H17N3O4/c1-8-4-3-5-9(13-8)6-15(2)12(19)14-10(7-16)11(17)18/h3-5,10,16H,6-7H2,1-2H3,(H,14,19)(H,17,18). The number of rotatable bonds is 5. The van der Waals surface area contributed by atoms with E-state index in [1.54, 1.807) is 6.07 Å². The average molecular weight is 267 g/mol. The van der Waals surface area contributed by atoms with Gasteiger partial charge in [-0.3, -0.25) is 4.98 Å². The quantitative estimate of drug-likeness (QED) is 0.695. The molecule has 7 nitrogen and oxygen atoms in total. The molecule has 0 saturated carbocycles. The van der Waals surface area contributed by atoms with Crippen LogP contribution in [0, 0.1) is 6.92 Å². The maximum atomic E-state index is 11.7. The van der Waals surface area contributed by atoms with E-state index < -0.39 is 24.6 Å². The van der Waals surface area contributed by atoms with Gasteiger partial charge in [-0.2, -0.15) is 0 Å². The molecule has 0 aliphatic carbocycles. The third-order valence-electron chi connectivity index (χ3n) is 2.47. The summed E-state index contributed by atoms with van der Waals surface area (Å²) >= 11 is 0. The molecule has 0 aliphatic rings. The number of carboxylic acids is 1. The second kappa shape index (κ2) is 6.69. The first-order chi connectivity index (χ1) is 8.93. The van der Waals surface area contributed by atoms with Crippen LogP contribution in [0.2, 0.25) is 0 Å². The zero-order valence-electron chi connectivity index (χ0n) is 10.8. The predicted octanol–water partition coefficient (Wildman–Crippen LogP) is -0.0231. The lowest BCUT2D eigenvalue weighted by molar-refractivity contribution is -0.140. The van der Waals surface area contributed by atoms with Crippen molar-refractivity contribution in [2.24, 2.45) is 0 Å². The molecule has 1 aromatic rings.